The molecule has 0 bridgehead atoms. The molecule has 0 aliphatic carbocycles. The highest BCUT2D eigenvalue weighted by atomic mass is 35.5. The summed E-state index contributed by atoms with van der Waals surface area (Å²) in [6.45, 7) is 4.52. The van der Waals surface area contributed by atoms with E-state index in [1.54, 1.807) is 36.9 Å². The lowest BCUT2D eigenvalue weighted by atomic mass is 9.97. The summed E-state index contributed by atoms with van der Waals surface area (Å²) in [5, 5.41) is 3.06. The number of rotatable bonds is 5. The Kier molecular flexibility index (Phi) is 7.29. The van der Waals surface area contributed by atoms with Gasteiger partial charge in [0.1, 0.15) is 6.04 Å². The number of likely N-dealkylation sites (tertiary alicyclic amines) is 1. The van der Waals surface area contributed by atoms with Crippen LogP contribution in [0.4, 0.5) is 0 Å². The quantitative estimate of drug-likeness (QED) is 0.770. The molecule has 1 aliphatic heterocycles. The highest BCUT2D eigenvalue weighted by molar-refractivity contribution is 6.43. The van der Waals surface area contributed by atoms with Gasteiger partial charge in [-0.25, -0.2) is 0 Å². The average molecular weight is 401 g/mol. The Balaban J connectivity index is 1.99. The lowest BCUT2D eigenvalue weighted by molar-refractivity contribution is -0.151. The van der Waals surface area contributed by atoms with Gasteiger partial charge in [0, 0.05) is 13.1 Å². The standard InChI is InChI=1S/C18H22Cl2N2O4/c1-3-26-18(25)12-6-5-9-22(10-12)17(24)11(2)21-16(23)13-7-4-8-14(19)15(13)20/h4,7-8,11-12H,3,5-6,9-10H2,1-2H3,(H,21,23). The normalized spacial score (nSPS) is 18.2. The van der Waals surface area contributed by atoms with Crippen LogP contribution in [-0.2, 0) is 14.3 Å². The van der Waals surface area contributed by atoms with Crippen molar-refractivity contribution in [2.24, 2.45) is 5.92 Å². The summed E-state index contributed by atoms with van der Waals surface area (Å²) in [7, 11) is 0. The zero-order valence-electron chi connectivity index (χ0n) is 14.8. The molecule has 26 heavy (non-hydrogen) atoms. The molecule has 1 aliphatic rings. The first-order chi connectivity index (χ1) is 12.3. The molecule has 0 aromatic heterocycles. The molecule has 2 rings (SSSR count). The van der Waals surface area contributed by atoms with Crippen molar-refractivity contribution in [1.82, 2.24) is 10.2 Å². The maximum atomic E-state index is 12.6. The molecule has 0 radical (unpaired) electrons. The molecule has 1 heterocycles. The Hall–Kier alpha value is -1.79. The molecule has 0 spiro atoms. The first-order valence-corrected chi connectivity index (χ1v) is 9.31. The molecule has 1 N–H and O–H groups in total. The number of hydrogen-bond acceptors (Lipinski definition) is 4. The molecule has 6 nitrogen and oxygen atoms in total. The van der Waals surface area contributed by atoms with E-state index in [2.05, 4.69) is 5.32 Å². The summed E-state index contributed by atoms with van der Waals surface area (Å²) in [6, 6.07) is 3.99. The van der Waals surface area contributed by atoms with Crippen LogP contribution in [0.5, 0.6) is 0 Å². The van der Waals surface area contributed by atoms with Crippen LogP contribution in [0.1, 0.15) is 37.0 Å². The second kappa shape index (κ2) is 9.24. The van der Waals surface area contributed by atoms with E-state index in [1.807, 2.05) is 0 Å². The Morgan fingerprint density at radius 3 is 2.77 bits per heavy atom. The first kappa shape index (κ1) is 20.5. The largest absolute Gasteiger partial charge is 0.466 e. The van der Waals surface area contributed by atoms with Crippen LogP contribution in [0.25, 0.3) is 0 Å². The molecule has 1 aromatic carbocycles. The Morgan fingerprint density at radius 1 is 1.35 bits per heavy atom. The minimum Gasteiger partial charge on any atom is -0.466 e. The molecule has 1 aromatic rings. The number of carbonyl (C=O) groups excluding carboxylic acids is 3. The zero-order chi connectivity index (χ0) is 19.3. The smallest absolute Gasteiger partial charge is 0.310 e. The van der Waals surface area contributed by atoms with Gasteiger partial charge in [0.05, 0.1) is 28.1 Å². The van der Waals surface area contributed by atoms with E-state index < -0.39 is 11.9 Å². The van der Waals surface area contributed by atoms with E-state index in [-0.39, 0.29) is 33.4 Å². The molecular formula is C18H22Cl2N2O4. The number of esters is 1. The zero-order valence-corrected chi connectivity index (χ0v) is 16.3. The van der Waals surface area contributed by atoms with Gasteiger partial charge >= 0.3 is 5.97 Å². The fourth-order valence-electron chi connectivity index (χ4n) is 2.92. The number of nitrogens with zero attached hydrogens (tertiary/aromatic N) is 1. The molecule has 142 valence electrons. The highest BCUT2D eigenvalue weighted by Crippen LogP contribution is 2.25. The van der Waals surface area contributed by atoms with Crippen molar-refractivity contribution >= 4 is 41.0 Å². The summed E-state index contributed by atoms with van der Waals surface area (Å²) >= 11 is 12.0. The summed E-state index contributed by atoms with van der Waals surface area (Å²) < 4.78 is 5.04. The van der Waals surface area contributed by atoms with Crippen molar-refractivity contribution < 1.29 is 19.1 Å². The van der Waals surface area contributed by atoms with E-state index >= 15 is 0 Å². The number of hydrogen-bond donors (Lipinski definition) is 1. The third kappa shape index (κ3) is 4.89. The lowest BCUT2D eigenvalue weighted by Gasteiger charge is -2.33. The summed E-state index contributed by atoms with van der Waals surface area (Å²) in [6.07, 6.45) is 1.41. The molecule has 1 saturated heterocycles. The van der Waals surface area contributed by atoms with Gasteiger partial charge in [0.2, 0.25) is 5.91 Å². The first-order valence-electron chi connectivity index (χ1n) is 8.55. The minimum absolute atomic E-state index is 0.145. The SMILES string of the molecule is CCOC(=O)C1CCCN(C(=O)C(C)NC(=O)c2cccc(Cl)c2Cl)C1. The number of amides is 2. The molecule has 8 heteroatoms. The van der Waals surface area contributed by atoms with Gasteiger partial charge in [-0.05, 0) is 38.8 Å². The van der Waals surface area contributed by atoms with Gasteiger partial charge in [-0.2, -0.15) is 0 Å². The summed E-state index contributed by atoms with van der Waals surface area (Å²) in [5.41, 5.74) is 0.210. The molecular weight excluding hydrogens is 379 g/mol. The van der Waals surface area contributed by atoms with Crippen LogP contribution >= 0.6 is 23.2 Å². The van der Waals surface area contributed by atoms with Gasteiger partial charge < -0.3 is 15.0 Å². The minimum atomic E-state index is -0.751. The van der Waals surface area contributed by atoms with E-state index in [4.69, 9.17) is 27.9 Å². The van der Waals surface area contributed by atoms with Crippen LogP contribution in [-0.4, -0.2) is 48.4 Å². The number of benzene rings is 1. The second-order valence-corrected chi connectivity index (χ2v) is 6.96. The fraction of sp³-hybridized carbons (Fsp3) is 0.500. The second-order valence-electron chi connectivity index (χ2n) is 6.17. The van der Waals surface area contributed by atoms with Crippen molar-refractivity contribution in [3.63, 3.8) is 0 Å². The molecule has 1 fully saturated rings. The van der Waals surface area contributed by atoms with Crippen molar-refractivity contribution in [3.8, 4) is 0 Å². The molecule has 0 saturated carbocycles. The van der Waals surface area contributed by atoms with Crippen LogP contribution < -0.4 is 5.32 Å². The van der Waals surface area contributed by atoms with Crippen molar-refractivity contribution in [2.75, 3.05) is 19.7 Å². The van der Waals surface area contributed by atoms with Crippen LogP contribution in [0, 0.1) is 5.92 Å². The van der Waals surface area contributed by atoms with Crippen molar-refractivity contribution in [3.05, 3.63) is 33.8 Å². The Bertz CT molecular complexity index is 696. The number of piperidine rings is 1. The van der Waals surface area contributed by atoms with Gasteiger partial charge in [-0.15, -0.1) is 0 Å². The molecule has 2 atom stereocenters. The van der Waals surface area contributed by atoms with E-state index in [9.17, 15) is 14.4 Å². The molecule has 2 amide bonds. The number of ether oxygens (including phenoxy) is 1. The average Bonchev–Trinajstić information content (AvgIpc) is 2.63. The number of carbonyl (C=O) groups is 3. The maximum Gasteiger partial charge on any atom is 0.310 e. The summed E-state index contributed by atoms with van der Waals surface area (Å²) in [5.74, 6) is -1.33. The van der Waals surface area contributed by atoms with Gasteiger partial charge in [0.15, 0.2) is 0 Å². The van der Waals surface area contributed by atoms with E-state index in [0.717, 1.165) is 6.42 Å². The van der Waals surface area contributed by atoms with Gasteiger partial charge in [-0.1, -0.05) is 29.3 Å². The van der Waals surface area contributed by atoms with Gasteiger partial charge in [0.25, 0.3) is 5.91 Å². The number of halogens is 2. The Labute approximate surface area is 162 Å². The van der Waals surface area contributed by atoms with Crippen LogP contribution in [0.15, 0.2) is 18.2 Å². The predicted molar refractivity (Wildman–Crippen MR) is 99.3 cm³/mol. The van der Waals surface area contributed by atoms with Crippen molar-refractivity contribution in [1.29, 1.82) is 0 Å². The van der Waals surface area contributed by atoms with E-state index in [0.29, 0.717) is 26.1 Å². The fourth-order valence-corrected chi connectivity index (χ4v) is 3.31. The highest BCUT2D eigenvalue weighted by Gasteiger charge is 2.31. The monoisotopic (exact) mass is 400 g/mol. The lowest BCUT2D eigenvalue weighted by Crippen LogP contribution is -2.51. The maximum absolute atomic E-state index is 12.6. The van der Waals surface area contributed by atoms with E-state index in [1.165, 1.54) is 0 Å². The van der Waals surface area contributed by atoms with Gasteiger partial charge in [-0.3, -0.25) is 14.4 Å². The third-order valence-electron chi connectivity index (χ3n) is 4.27. The molecule has 2 unspecified atom stereocenters. The van der Waals surface area contributed by atoms with Crippen molar-refractivity contribution in [2.45, 2.75) is 32.7 Å². The van der Waals surface area contributed by atoms with Crippen LogP contribution in [0.2, 0.25) is 10.0 Å². The van der Waals surface area contributed by atoms with Crippen LogP contribution in [0.3, 0.4) is 0 Å². The Morgan fingerprint density at radius 2 is 2.08 bits per heavy atom. The topological polar surface area (TPSA) is 75.7 Å². The predicted octanol–water partition coefficient (Wildman–Crippen LogP) is 2.91. The third-order valence-corrected chi connectivity index (χ3v) is 5.09. The number of nitrogens with one attached hydrogen (secondary N) is 1. The summed E-state index contributed by atoms with van der Waals surface area (Å²) in [4.78, 5) is 38.5.